The van der Waals surface area contributed by atoms with Gasteiger partial charge in [0.15, 0.2) is 5.82 Å². The number of hydrogen-bond donors (Lipinski definition) is 2. The molecule has 1 aromatic rings. The molecule has 1 heterocycles. The second-order valence-corrected chi connectivity index (χ2v) is 3.55. The van der Waals surface area contributed by atoms with Crippen molar-refractivity contribution in [1.82, 2.24) is 9.97 Å². The first-order valence-corrected chi connectivity index (χ1v) is 4.43. The summed E-state index contributed by atoms with van der Waals surface area (Å²) in [6, 6.07) is 0. The monoisotopic (exact) mass is 261 g/mol. The van der Waals surface area contributed by atoms with Crippen LogP contribution in [0.15, 0.2) is 9.27 Å². The Hall–Kier alpha value is -1.37. The molecule has 0 aromatic carbocycles. The number of anilines is 1. The van der Waals surface area contributed by atoms with Crippen LogP contribution in [0, 0.1) is 0 Å². The molecule has 76 valence electrons. The molecule has 7 heteroatoms. The van der Waals surface area contributed by atoms with Crippen molar-refractivity contribution in [3.8, 4) is 0 Å². The number of nitrogens with zero attached hydrogens (tertiary/aromatic N) is 2. The van der Waals surface area contributed by atoms with Gasteiger partial charge >= 0.3 is 11.7 Å². The van der Waals surface area contributed by atoms with Crippen LogP contribution in [0.25, 0.3) is 0 Å². The van der Waals surface area contributed by atoms with E-state index in [0.29, 0.717) is 0 Å². The van der Waals surface area contributed by atoms with Crippen LogP contribution in [0.3, 0.4) is 0 Å². The zero-order valence-electron chi connectivity index (χ0n) is 7.54. The number of carboxylic acids is 1. The Kier molecular flexibility index (Phi) is 2.90. The fourth-order valence-corrected chi connectivity index (χ4v) is 1.60. The van der Waals surface area contributed by atoms with Crippen molar-refractivity contribution in [2.24, 2.45) is 0 Å². The largest absolute Gasteiger partial charge is 0.477 e. The highest BCUT2D eigenvalue weighted by atomic mass is 79.9. The first kappa shape index (κ1) is 10.7. The molecule has 0 saturated carbocycles. The summed E-state index contributed by atoms with van der Waals surface area (Å²) in [4.78, 5) is 29.0. The van der Waals surface area contributed by atoms with E-state index in [1.165, 1.54) is 0 Å². The third-order valence-corrected chi connectivity index (χ3v) is 2.24. The highest BCUT2D eigenvalue weighted by molar-refractivity contribution is 9.10. The molecule has 0 amide bonds. The Labute approximate surface area is 87.7 Å². The number of aromatic nitrogens is 2. The minimum atomic E-state index is -1.21. The van der Waals surface area contributed by atoms with Gasteiger partial charge in [-0.15, -0.1) is 0 Å². The number of rotatable bonds is 2. The van der Waals surface area contributed by atoms with Crippen molar-refractivity contribution < 1.29 is 9.90 Å². The topological polar surface area (TPSA) is 86.3 Å². The van der Waals surface area contributed by atoms with Crippen molar-refractivity contribution in [2.45, 2.75) is 0 Å². The molecule has 0 spiro atoms. The van der Waals surface area contributed by atoms with E-state index >= 15 is 0 Å². The van der Waals surface area contributed by atoms with Crippen LogP contribution < -0.4 is 10.6 Å². The van der Waals surface area contributed by atoms with Crippen LogP contribution in [-0.2, 0) is 0 Å². The van der Waals surface area contributed by atoms with Gasteiger partial charge in [0.25, 0.3) is 0 Å². The second kappa shape index (κ2) is 3.79. The molecule has 0 aliphatic heterocycles. The van der Waals surface area contributed by atoms with E-state index in [0.717, 1.165) is 0 Å². The Morgan fingerprint density at radius 2 is 2.14 bits per heavy atom. The maximum Gasteiger partial charge on any atom is 0.353 e. The van der Waals surface area contributed by atoms with Gasteiger partial charge in [-0.3, -0.25) is 4.98 Å². The molecule has 0 aliphatic carbocycles. The molecule has 0 unspecified atom stereocenters. The summed E-state index contributed by atoms with van der Waals surface area (Å²) in [6.07, 6.45) is 0. The van der Waals surface area contributed by atoms with Gasteiger partial charge in [0.05, 0.1) is 4.47 Å². The summed E-state index contributed by atoms with van der Waals surface area (Å²) in [5, 5.41) is 8.75. The summed E-state index contributed by atoms with van der Waals surface area (Å²) < 4.78 is 0.259. The Bertz CT molecular complexity index is 427. The van der Waals surface area contributed by atoms with Crippen molar-refractivity contribution in [3.63, 3.8) is 0 Å². The third-order valence-electron chi connectivity index (χ3n) is 1.49. The van der Waals surface area contributed by atoms with Crippen LogP contribution in [-0.4, -0.2) is 35.1 Å². The van der Waals surface area contributed by atoms with E-state index in [2.05, 4.69) is 25.9 Å². The fraction of sp³-hybridized carbons (Fsp3) is 0.286. The van der Waals surface area contributed by atoms with Crippen LogP contribution in [0.4, 0.5) is 5.82 Å². The van der Waals surface area contributed by atoms with E-state index < -0.39 is 11.7 Å². The van der Waals surface area contributed by atoms with Crippen LogP contribution in [0.5, 0.6) is 0 Å². The summed E-state index contributed by atoms with van der Waals surface area (Å²) in [5.41, 5.74) is -0.886. The first-order chi connectivity index (χ1) is 6.43. The standard InChI is InChI=1S/C7H8BrN3O3/c1-11(2)5-3(8)4(6(12)13)9-7(14)10-5/h1-2H3,(H,12,13)(H,9,10,14). The SMILES string of the molecule is CN(C)c1nc(=O)[nH]c(C(=O)O)c1Br. The Morgan fingerprint density at radius 1 is 1.57 bits per heavy atom. The van der Waals surface area contributed by atoms with Gasteiger partial charge in [0.2, 0.25) is 0 Å². The molecule has 0 radical (unpaired) electrons. The van der Waals surface area contributed by atoms with Gasteiger partial charge in [-0.05, 0) is 15.9 Å². The number of carbonyl (C=O) groups is 1. The molecule has 14 heavy (non-hydrogen) atoms. The molecule has 0 saturated heterocycles. The molecule has 1 rings (SSSR count). The van der Waals surface area contributed by atoms with Crippen molar-refractivity contribution in [3.05, 3.63) is 20.7 Å². The third kappa shape index (κ3) is 1.92. The molecule has 1 aromatic heterocycles. The molecular formula is C7H8BrN3O3. The summed E-state index contributed by atoms with van der Waals surface area (Å²) >= 11 is 3.06. The predicted molar refractivity (Wildman–Crippen MR) is 53.8 cm³/mol. The number of aromatic amines is 1. The molecule has 0 atom stereocenters. The van der Waals surface area contributed by atoms with Gasteiger partial charge in [-0.2, -0.15) is 4.98 Å². The van der Waals surface area contributed by atoms with Gasteiger partial charge in [-0.1, -0.05) is 0 Å². The van der Waals surface area contributed by atoms with Gasteiger partial charge in [0, 0.05) is 14.1 Å². The highest BCUT2D eigenvalue weighted by Gasteiger charge is 2.16. The van der Waals surface area contributed by atoms with Crippen LogP contribution >= 0.6 is 15.9 Å². The number of carboxylic acid groups (broad SMARTS) is 1. The predicted octanol–water partition coefficient (Wildman–Crippen LogP) is 0.297. The van der Waals surface area contributed by atoms with E-state index in [1.54, 1.807) is 19.0 Å². The Morgan fingerprint density at radius 3 is 2.57 bits per heavy atom. The lowest BCUT2D eigenvalue weighted by Gasteiger charge is -2.13. The number of hydrogen-bond acceptors (Lipinski definition) is 4. The van der Waals surface area contributed by atoms with E-state index in [9.17, 15) is 9.59 Å². The maximum absolute atomic E-state index is 11.0. The fourth-order valence-electron chi connectivity index (χ4n) is 0.890. The number of nitrogens with one attached hydrogen (secondary N) is 1. The first-order valence-electron chi connectivity index (χ1n) is 3.64. The van der Waals surface area contributed by atoms with Gasteiger partial charge in [-0.25, -0.2) is 9.59 Å². The van der Waals surface area contributed by atoms with Crippen molar-refractivity contribution in [1.29, 1.82) is 0 Å². The lowest BCUT2D eigenvalue weighted by Crippen LogP contribution is -2.22. The van der Waals surface area contributed by atoms with E-state index in [4.69, 9.17) is 5.11 Å². The molecule has 0 fully saturated rings. The van der Waals surface area contributed by atoms with Crippen molar-refractivity contribution >= 4 is 27.7 Å². The van der Waals surface area contributed by atoms with Crippen molar-refractivity contribution in [2.75, 3.05) is 19.0 Å². The summed E-state index contributed by atoms with van der Waals surface area (Å²) in [5.74, 6) is -0.925. The molecule has 0 bridgehead atoms. The van der Waals surface area contributed by atoms with Gasteiger partial charge in [0.1, 0.15) is 5.69 Å². The normalized spacial score (nSPS) is 9.93. The maximum atomic E-state index is 11.0. The Balaban J connectivity index is 3.48. The summed E-state index contributed by atoms with van der Waals surface area (Å²) in [7, 11) is 3.33. The molecule has 2 N–H and O–H groups in total. The second-order valence-electron chi connectivity index (χ2n) is 2.75. The molecule has 0 aliphatic rings. The zero-order valence-corrected chi connectivity index (χ0v) is 9.12. The number of aromatic carboxylic acids is 1. The lowest BCUT2D eigenvalue weighted by atomic mass is 10.4. The highest BCUT2D eigenvalue weighted by Crippen LogP contribution is 2.22. The zero-order chi connectivity index (χ0) is 10.9. The quantitative estimate of drug-likeness (QED) is 0.800. The minimum absolute atomic E-state index is 0.200. The molecule has 6 nitrogen and oxygen atoms in total. The summed E-state index contributed by atoms with van der Waals surface area (Å²) in [6.45, 7) is 0. The van der Waals surface area contributed by atoms with Crippen LogP contribution in [0.2, 0.25) is 0 Å². The minimum Gasteiger partial charge on any atom is -0.477 e. The lowest BCUT2D eigenvalue weighted by molar-refractivity contribution is 0.0689. The van der Waals surface area contributed by atoms with E-state index in [-0.39, 0.29) is 16.0 Å². The average molecular weight is 262 g/mol. The van der Waals surface area contributed by atoms with Crippen LogP contribution in [0.1, 0.15) is 10.5 Å². The number of halogens is 1. The van der Waals surface area contributed by atoms with E-state index in [1.807, 2.05) is 0 Å². The molecular weight excluding hydrogens is 254 g/mol. The average Bonchev–Trinajstić information content (AvgIpc) is 2.07. The van der Waals surface area contributed by atoms with Gasteiger partial charge < -0.3 is 10.0 Å². The smallest absolute Gasteiger partial charge is 0.353 e. The number of H-pyrrole nitrogens is 1.